The van der Waals surface area contributed by atoms with Gasteiger partial charge < -0.3 is 4.90 Å². The summed E-state index contributed by atoms with van der Waals surface area (Å²) in [6.07, 6.45) is 4.90. The van der Waals surface area contributed by atoms with Crippen LogP contribution in [0.4, 0.5) is 0 Å². The Balaban J connectivity index is 2.92. The lowest BCUT2D eigenvalue weighted by atomic mass is 10.1. The molecule has 1 aromatic rings. The quantitative estimate of drug-likeness (QED) is 0.758. The van der Waals surface area contributed by atoms with Gasteiger partial charge in [0.25, 0.3) is 0 Å². The van der Waals surface area contributed by atoms with E-state index >= 15 is 0 Å². The first-order valence-corrected chi connectivity index (χ1v) is 5.74. The van der Waals surface area contributed by atoms with Crippen LogP contribution >= 0.6 is 11.6 Å². The molecule has 0 aliphatic heterocycles. The summed E-state index contributed by atoms with van der Waals surface area (Å²) in [5.74, 6) is -0.0993. The van der Waals surface area contributed by atoms with Gasteiger partial charge in [0, 0.05) is 18.4 Å². The van der Waals surface area contributed by atoms with Gasteiger partial charge in [0.05, 0.1) is 17.9 Å². The Bertz CT molecular complexity index is 342. The summed E-state index contributed by atoms with van der Waals surface area (Å²) >= 11 is 5.60. The van der Waals surface area contributed by atoms with Crippen LogP contribution in [0, 0.1) is 0 Å². The molecule has 88 valence electrons. The SMILES string of the molecule is CC(C)N(C(=O)CCl)C(C)c1cnccn1. The predicted octanol–water partition coefficient (Wildman–Crippen LogP) is 2.01. The zero-order valence-corrected chi connectivity index (χ0v) is 10.5. The molecular weight excluding hydrogens is 226 g/mol. The maximum atomic E-state index is 11.7. The van der Waals surface area contributed by atoms with Crippen molar-refractivity contribution in [1.82, 2.24) is 14.9 Å². The highest BCUT2D eigenvalue weighted by molar-refractivity contribution is 6.27. The number of aromatic nitrogens is 2. The van der Waals surface area contributed by atoms with E-state index < -0.39 is 0 Å². The van der Waals surface area contributed by atoms with Crippen LogP contribution in [0.15, 0.2) is 18.6 Å². The molecule has 1 rings (SSSR count). The number of hydrogen-bond acceptors (Lipinski definition) is 3. The van der Waals surface area contributed by atoms with Crippen molar-refractivity contribution < 1.29 is 4.79 Å². The largest absolute Gasteiger partial charge is 0.331 e. The molecule has 0 bridgehead atoms. The third kappa shape index (κ3) is 2.92. The Morgan fingerprint density at radius 2 is 2.12 bits per heavy atom. The van der Waals surface area contributed by atoms with Crippen molar-refractivity contribution in [3.05, 3.63) is 24.3 Å². The van der Waals surface area contributed by atoms with Crippen LogP contribution in [0.5, 0.6) is 0 Å². The number of alkyl halides is 1. The summed E-state index contributed by atoms with van der Waals surface area (Å²) in [4.78, 5) is 21.6. The lowest BCUT2D eigenvalue weighted by Crippen LogP contribution is -2.40. The van der Waals surface area contributed by atoms with Crippen LogP contribution in [0.2, 0.25) is 0 Å². The molecule has 1 aromatic heterocycles. The fourth-order valence-electron chi connectivity index (χ4n) is 1.69. The Hall–Kier alpha value is -1.16. The number of nitrogens with zero attached hydrogens (tertiary/aromatic N) is 3. The van der Waals surface area contributed by atoms with Gasteiger partial charge in [-0.1, -0.05) is 0 Å². The molecule has 0 fully saturated rings. The Labute approximate surface area is 101 Å². The van der Waals surface area contributed by atoms with Gasteiger partial charge >= 0.3 is 0 Å². The van der Waals surface area contributed by atoms with E-state index in [1.807, 2.05) is 20.8 Å². The molecule has 1 unspecified atom stereocenters. The van der Waals surface area contributed by atoms with Crippen LogP contribution < -0.4 is 0 Å². The molecule has 0 saturated heterocycles. The predicted molar refractivity (Wildman–Crippen MR) is 63.1 cm³/mol. The van der Waals surface area contributed by atoms with Gasteiger partial charge in [0.2, 0.25) is 5.91 Å². The third-order valence-electron chi connectivity index (χ3n) is 2.39. The van der Waals surface area contributed by atoms with Gasteiger partial charge in [-0.2, -0.15) is 0 Å². The van der Waals surface area contributed by atoms with Gasteiger partial charge in [-0.15, -0.1) is 11.6 Å². The van der Waals surface area contributed by atoms with Crippen LogP contribution in [0.1, 0.15) is 32.5 Å². The third-order valence-corrected chi connectivity index (χ3v) is 2.62. The molecular formula is C11H16ClN3O. The fraction of sp³-hybridized carbons (Fsp3) is 0.545. The highest BCUT2D eigenvalue weighted by Crippen LogP contribution is 2.20. The fourth-order valence-corrected chi connectivity index (χ4v) is 1.83. The molecule has 0 N–H and O–H groups in total. The molecule has 0 radical (unpaired) electrons. The van der Waals surface area contributed by atoms with Gasteiger partial charge in [-0.25, -0.2) is 0 Å². The van der Waals surface area contributed by atoms with Crippen molar-refractivity contribution in [2.24, 2.45) is 0 Å². The second-order valence-corrected chi connectivity index (χ2v) is 4.10. The first-order chi connectivity index (χ1) is 7.57. The molecule has 0 saturated carbocycles. The van der Waals surface area contributed by atoms with E-state index in [0.717, 1.165) is 5.69 Å². The average Bonchev–Trinajstić information content (AvgIpc) is 2.29. The summed E-state index contributed by atoms with van der Waals surface area (Å²) in [5.41, 5.74) is 0.773. The minimum absolute atomic E-state index is 0.0111. The van der Waals surface area contributed by atoms with E-state index in [4.69, 9.17) is 11.6 Å². The van der Waals surface area contributed by atoms with E-state index in [9.17, 15) is 4.79 Å². The van der Waals surface area contributed by atoms with E-state index in [1.54, 1.807) is 23.5 Å². The molecule has 0 aliphatic rings. The first-order valence-electron chi connectivity index (χ1n) is 5.21. The summed E-state index contributed by atoms with van der Waals surface area (Å²) in [5, 5.41) is 0. The number of carbonyl (C=O) groups excluding carboxylic acids is 1. The zero-order chi connectivity index (χ0) is 12.1. The molecule has 0 aromatic carbocycles. The number of hydrogen-bond donors (Lipinski definition) is 0. The van der Waals surface area contributed by atoms with Gasteiger partial charge in [0.15, 0.2) is 0 Å². The highest BCUT2D eigenvalue weighted by atomic mass is 35.5. The van der Waals surface area contributed by atoms with E-state index in [1.165, 1.54) is 0 Å². The lowest BCUT2D eigenvalue weighted by molar-refractivity contribution is -0.132. The topological polar surface area (TPSA) is 46.1 Å². The molecule has 1 heterocycles. The summed E-state index contributed by atoms with van der Waals surface area (Å²) in [7, 11) is 0. The molecule has 4 nitrogen and oxygen atoms in total. The first kappa shape index (κ1) is 12.9. The summed E-state index contributed by atoms with van der Waals surface area (Å²) in [6.45, 7) is 5.84. The van der Waals surface area contributed by atoms with Gasteiger partial charge in [0.1, 0.15) is 5.88 Å². The second-order valence-electron chi connectivity index (χ2n) is 3.83. The van der Waals surface area contributed by atoms with Crippen molar-refractivity contribution in [1.29, 1.82) is 0 Å². The Morgan fingerprint density at radius 1 is 1.44 bits per heavy atom. The highest BCUT2D eigenvalue weighted by Gasteiger charge is 2.24. The second kappa shape index (κ2) is 5.80. The number of amides is 1. The Morgan fingerprint density at radius 3 is 2.56 bits per heavy atom. The van der Waals surface area contributed by atoms with E-state index in [0.29, 0.717) is 0 Å². The van der Waals surface area contributed by atoms with Crippen molar-refractivity contribution in [3.8, 4) is 0 Å². The standard InChI is InChI=1S/C11H16ClN3O/c1-8(2)15(11(16)6-12)9(3)10-7-13-4-5-14-10/h4-5,7-9H,6H2,1-3H3. The van der Waals surface area contributed by atoms with Crippen molar-refractivity contribution in [2.75, 3.05) is 5.88 Å². The van der Waals surface area contributed by atoms with Crippen molar-refractivity contribution >= 4 is 17.5 Å². The van der Waals surface area contributed by atoms with Crippen LogP contribution in [0.25, 0.3) is 0 Å². The average molecular weight is 242 g/mol. The normalized spacial score (nSPS) is 12.6. The molecule has 0 spiro atoms. The molecule has 16 heavy (non-hydrogen) atoms. The summed E-state index contributed by atoms with van der Waals surface area (Å²) < 4.78 is 0. The van der Waals surface area contributed by atoms with Crippen LogP contribution in [-0.2, 0) is 4.79 Å². The van der Waals surface area contributed by atoms with Gasteiger partial charge in [-0.05, 0) is 20.8 Å². The van der Waals surface area contributed by atoms with Crippen LogP contribution in [-0.4, -0.2) is 32.7 Å². The number of halogens is 1. The van der Waals surface area contributed by atoms with Gasteiger partial charge in [-0.3, -0.25) is 14.8 Å². The summed E-state index contributed by atoms with van der Waals surface area (Å²) in [6, 6.07) is -0.0248. The van der Waals surface area contributed by atoms with Crippen LogP contribution in [0.3, 0.4) is 0 Å². The molecule has 1 atom stereocenters. The van der Waals surface area contributed by atoms with E-state index in [-0.39, 0.29) is 23.9 Å². The monoisotopic (exact) mass is 241 g/mol. The zero-order valence-electron chi connectivity index (χ0n) is 9.72. The number of rotatable bonds is 4. The van der Waals surface area contributed by atoms with Crippen molar-refractivity contribution in [3.63, 3.8) is 0 Å². The maximum absolute atomic E-state index is 11.7. The minimum atomic E-state index is -0.111. The lowest BCUT2D eigenvalue weighted by Gasteiger charge is -2.31. The minimum Gasteiger partial charge on any atom is -0.331 e. The van der Waals surface area contributed by atoms with Crippen molar-refractivity contribution in [2.45, 2.75) is 32.9 Å². The molecule has 5 heteroatoms. The number of carbonyl (C=O) groups is 1. The molecule has 1 amide bonds. The smallest absolute Gasteiger partial charge is 0.238 e. The maximum Gasteiger partial charge on any atom is 0.238 e. The Kier molecular flexibility index (Phi) is 4.68. The molecule has 0 aliphatic carbocycles. The van der Waals surface area contributed by atoms with E-state index in [2.05, 4.69) is 9.97 Å².